The van der Waals surface area contributed by atoms with E-state index in [4.69, 9.17) is 15.0 Å². The van der Waals surface area contributed by atoms with Crippen molar-refractivity contribution in [3.8, 4) is 84.7 Å². The van der Waals surface area contributed by atoms with Gasteiger partial charge >= 0.3 is 0 Å². The molecule has 4 saturated carbocycles. The summed E-state index contributed by atoms with van der Waals surface area (Å²) in [5, 5.41) is 9.73. The Morgan fingerprint density at radius 3 is 1.25 bits per heavy atom. The van der Waals surface area contributed by atoms with Crippen molar-refractivity contribution in [2.45, 2.75) is 103 Å². The van der Waals surface area contributed by atoms with Crippen molar-refractivity contribution in [2.24, 2.45) is 35.5 Å². The maximum absolute atomic E-state index is 9.73. The lowest BCUT2D eigenvalue weighted by molar-refractivity contribution is 0.0779. The van der Waals surface area contributed by atoms with E-state index in [-0.39, 0.29) is 5.41 Å². The number of nitrogens with zero attached hydrogens (tertiary/aromatic N) is 5. The largest absolute Gasteiger partial charge is 0.265 e. The zero-order valence-electron chi connectivity index (χ0n) is 42.4. The van der Waals surface area contributed by atoms with Gasteiger partial charge in [0.15, 0.2) is 17.5 Å². The lowest BCUT2D eigenvalue weighted by Gasteiger charge is -2.50. The van der Waals surface area contributed by atoms with E-state index in [1.165, 1.54) is 86.5 Å². The molecule has 5 unspecified atom stereocenters. The molecule has 0 amide bonds. The second kappa shape index (κ2) is 18.9. The fraction of sp³-hybridized carbons (Fsp3) is 0.328. The number of hydrogen-bond donors (Lipinski definition) is 0. The summed E-state index contributed by atoms with van der Waals surface area (Å²) >= 11 is 0. The summed E-state index contributed by atoms with van der Waals surface area (Å²) in [5.74, 6) is 6.58. The van der Waals surface area contributed by atoms with E-state index in [9.17, 15) is 5.26 Å². The Kier molecular flexibility index (Phi) is 12.1. The highest BCUT2D eigenvalue weighted by Crippen LogP contribution is 2.55. The zero-order valence-corrected chi connectivity index (χ0v) is 42.4. The van der Waals surface area contributed by atoms with Crippen LogP contribution < -0.4 is 0 Å². The first-order chi connectivity index (χ1) is 35.1. The predicted octanol–water partition coefficient (Wildman–Crippen LogP) is 17.0. The molecule has 72 heavy (non-hydrogen) atoms. The molecule has 6 aromatic carbocycles. The molecule has 12 rings (SSSR count). The SMILES string of the molecule is CC1CC2C[C@H](C)CC(c3ccc(-c4nc(-c5cccc(-c6ccncc6)c5)nc(-c5cc(-c6ccc(C#N)cc6)cc(-c6cccc(-c7ccc(C89CC(C[C@@H](C)C8)C[C@H](C)C9)cc7)c6)c5)n4)cc3)(C1)C2. The van der Waals surface area contributed by atoms with E-state index in [1.807, 2.05) is 48.8 Å². The highest BCUT2D eigenvalue weighted by molar-refractivity contribution is 5.83. The van der Waals surface area contributed by atoms with Crippen molar-refractivity contribution >= 4 is 0 Å². The maximum atomic E-state index is 9.73. The van der Waals surface area contributed by atoms with Crippen molar-refractivity contribution in [3.05, 3.63) is 181 Å². The Morgan fingerprint density at radius 1 is 0.375 bits per heavy atom. The summed E-state index contributed by atoms with van der Waals surface area (Å²) in [7, 11) is 0. The molecule has 5 nitrogen and oxygen atoms in total. The predicted molar refractivity (Wildman–Crippen MR) is 294 cm³/mol. The molecular weight excluding hydrogens is 875 g/mol. The number of nitriles is 1. The third-order valence-electron chi connectivity index (χ3n) is 17.3. The minimum atomic E-state index is 0.232. The standard InChI is InChI=1S/C67H65N5/c1-43-27-48-28-44(2)37-66(36-43,40-48)61-19-15-50(16-20-61)54-7-5-9-56(31-54)59-33-58(51-13-11-47(42-68)12-14-51)34-60(35-59)65-71-63(70-64(72-65)57-10-6-8-55(32-57)52-23-25-69-26-24-52)53-17-21-62(22-18-53)67-38-45(3)29-49(41-67)30-46(4)39-67/h5-26,31-35,43-46,48-49H,27-30,36-41H2,1-4H3/t43-,44+,45-,46?,48?,49?,66?,67?/m0/s1. The molecule has 4 aliphatic rings. The molecule has 4 fully saturated rings. The molecule has 0 spiro atoms. The van der Waals surface area contributed by atoms with Crippen LogP contribution in [0.25, 0.3) is 78.7 Å². The van der Waals surface area contributed by atoms with Crippen LogP contribution in [0.5, 0.6) is 0 Å². The van der Waals surface area contributed by atoms with Crippen LogP contribution in [0.3, 0.4) is 0 Å². The molecule has 4 aliphatic carbocycles. The van der Waals surface area contributed by atoms with E-state index in [0.29, 0.717) is 28.5 Å². The van der Waals surface area contributed by atoms with Crippen LogP contribution in [-0.2, 0) is 10.8 Å². The number of benzene rings is 6. The minimum absolute atomic E-state index is 0.232. The Balaban J connectivity index is 0.959. The second-order valence-electron chi connectivity index (χ2n) is 23.2. The van der Waals surface area contributed by atoms with E-state index >= 15 is 0 Å². The quantitative estimate of drug-likeness (QED) is 0.144. The Hall–Kier alpha value is -7.03. The summed E-state index contributed by atoms with van der Waals surface area (Å²) in [6.45, 7) is 9.86. The van der Waals surface area contributed by atoms with Gasteiger partial charge in [-0.25, -0.2) is 15.0 Å². The van der Waals surface area contributed by atoms with E-state index in [0.717, 1.165) is 85.6 Å². The van der Waals surface area contributed by atoms with Gasteiger partial charge in [0.2, 0.25) is 0 Å². The van der Waals surface area contributed by atoms with Crippen LogP contribution in [0, 0.1) is 46.8 Å². The summed E-state index contributed by atoms with van der Waals surface area (Å²) in [6, 6.07) is 57.3. The minimum Gasteiger partial charge on any atom is -0.265 e. The van der Waals surface area contributed by atoms with Gasteiger partial charge < -0.3 is 0 Å². The fourth-order valence-corrected chi connectivity index (χ4v) is 15.0. The number of fused-ring (bicyclic) bond motifs is 4. The first-order valence-electron chi connectivity index (χ1n) is 26.8. The molecule has 0 aliphatic heterocycles. The van der Waals surface area contributed by atoms with E-state index in [2.05, 4.69) is 154 Å². The van der Waals surface area contributed by atoms with Crippen molar-refractivity contribution in [3.63, 3.8) is 0 Å². The fourth-order valence-electron chi connectivity index (χ4n) is 15.0. The van der Waals surface area contributed by atoms with Crippen LogP contribution >= 0.6 is 0 Å². The molecule has 0 radical (unpaired) electrons. The lowest BCUT2D eigenvalue weighted by atomic mass is 9.54. The van der Waals surface area contributed by atoms with Crippen LogP contribution in [0.1, 0.15) is 109 Å². The van der Waals surface area contributed by atoms with Gasteiger partial charge in [-0.05, 0) is 221 Å². The van der Waals surface area contributed by atoms with Crippen molar-refractivity contribution in [2.75, 3.05) is 0 Å². The average molecular weight is 940 g/mol. The summed E-state index contributed by atoms with van der Waals surface area (Å²) in [6.07, 6.45) is 16.9. The normalized spacial score (nSPS) is 25.6. The summed E-state index contributed by atoms with van der Waals surface area (Å²) in [5.41, 5.74) is 15.7. The number of rotatable bonds is 9. The van der Waals surface area contributed by atoms with Gasteiger partial charge in [0.25, 0.3) is 0 Å². The number of pyridine rings is 1. The molecular formula is C67H65N5. The molecule has 4 bridgehead atoms. The zero-order chi connectivity index (χ0) is 49.0. The van der Waals surface area contributed by atoms with Gasteiger partial charge in [0.05, 0.1) is 11.6 Å². The molecule has 2 aromatic heterocycles. The Labute approximate surface area is 426 Å². The third-order valence-corrected chi connectivity index (χ3v) is 17.3. The highest BCUT2D eigenvalue weighted by atomic mass is 15.0. The summed E-state index contributed by atoms with van der Waals surface area (Å²) < 4.78 is 0. The van der Waals surface area contributed by atoms with Gasteiger partial charge in [-0.3, -0.25) is 4.98 Å². The molecule has 0 N–H and O–H groups in total. The van der Waals surface area contributed by atoms with Gasteiger partial charge in [0.1, 0.15) is 0 Å². The van der Waals surface area contributed by atoms with Crippen LogP contribution in [0.15, 0.2) is 164 Å². The van der Waals surface area contributed by atoms with Crippen molar-refractivity contribution in [1.29, 1.82) is 5.26 Å². The molecule has 358 valence electrons. The molecule has 8 aromatic rings. The van der Waals surface area contributed by atoms with Crippen LogP contribution in [0.4, 0.5) is 0 Å². The second-order valence-corrected chi connectivity index (χ2v) is 23.2. The smallest absolute Gasteiger partial charge is 0.164 e. The van der Waals surface area contributed by atoms with Gasteiger partial charge in [-0.15, -0.1) is 0 Å². The Morgan fingerprint density at radius 2 is 0.736 bits per heavy atom. The first-order valence-corrected chi connectivity index (χ1v) is 26.8. The van der Waals surface area contributed by atoms with Crippen molar-refractivity contribution in [1.82, 2.24) is 19.9 Å². The Bertz CT molecular complexity index is 3260. The lowest BCUT2D eigenvalue weighted by Crippen LogP contribution is -2.42. The topological polar surface area (TPSA) is 75.3 Å². The van der Waals surface area contributed by atoms with Crippen LogP contribution in [-0.4, -0.2) is 19.9 Å². The van der Waals surface area contributed by atoms with E-state index < -0.39 is 0 Å². The maximum Gasteiger partial charge on any atom is 0.164 e. The first kappa shape index (κ1) is 46.1. The van der Waals surface area contributed by atoms with Crippen LogP contribution in [0.2, 0.25) is 0 Å². The van der Waals surface area contributed by atoms with Gasteiger partial charge in [-0.1, -0.05) is 125 Å². The van der Waals surface area contributed by atoms with E-state index in [1.54, 1.807) is 0 Å². The van der Waals surface area contributed by atoms with Gasteiger partial charge in [-0.2, -0.15) is 5.26 Å². The number of hydrogen-bond acceptors (Lipinski definition) is 5. The number of aromatic nitrogens is 4. The van der Waals surface area contributed by atoms with Crippen molar-refractivity contribution < 1.29 is 0 Å². The molecule has 0 saturated heterocycles. The average Bonchev–Trinajstić information content (AvgIpc) is 3.40. The molecule has 2 heterocycles. The summed E-state index contributed by atoms with van der Waals surface area (Å²) in [4.78, 5) is 20.3. The monoisotopic (exact) mass is 940 g/mol. The highest BCUT2D eigenvalue weighted by Gasteiger charge is 2.46. The third kappa shape index (κ3) is 9.11. The molecule has 5 heteroatoms. The molecule has 8 atom stereocenters. The van der Waals surface area contributed by atoms with Gasteiger partial charge in [0, 0.05) is 29.1 Å².